The van der Waals surface area contributed by atoms with E-state index < -0.39 is 0 Å². The van der Waals surface area contributed by atoms with Crippen LogP contribution >= 0.6 is 11.8 Å². The first-order valence-electron chi connectivity index (χ1n) is 11.3. The van der Waals surface area contributed by atoms with Crippen molar-refractivity contribution in [3.63, 3.8) is 0 Å². The Morgan fingerprint density at radius 2 is 2.12 bits per heavy atom. The number of ether oxygens (including phenoxy) is 1. The minimum absolute atomic E-state index is 0.747. The van der Waals surface area contributed by atoms with Gasteiger partial charge in [0.15, 0.2) is 0 Å². The number of nitrogens with zero attached hydrogens (tertiary/aromatic N) is 6. The largest absolute Gasteiger partial charge is 0.494 e. The molecule has 8 heteroatoms. The molecule has 176 valence electrons. The van der Waals surface area contributed by atoms with E-state index in [9.17, 15) is 0 Å². The molecule has 0 spiro atoms. The molecule has 7 nitrogen and oxygen atoms in total. The van der Waals surface area contributed by atoms with Crippen molar-refractivity contribution in [2.45, 2.75) is 60.0 Å². The number of hydrogen-bond acceptors (Lipinski definition) is 6. The number of imidazole rings is 1. The van der Waals surface area contributed by atoms with Crippen molar-refractivity contribution >= 4 is 22.9 Å². The van der Waals surface area contributed by atoms with Crippen LogP contribution < -0.4 is 0 Å². The molecular weight excluding hydrogens is 432 g/mol. The normalized spacial score (nSPS) is 13.9. The van der Waals surface area contributed by atoms with Crippen LogP contribution in [0.2, 0.25) is 0 Å². The molecular formula is C25H34N6OS. The second-order valence-electron chi connectivity index (χ2n) is 8.26. The number of rotatable bonds is 11. The van der Waals surface area contributed by atoms with Gasteiger partial charge in [0.1, 0.15) is 11.6 Å². The highest BCUT2D eigenvalue weighted by Gasteiger charge is 2.08. The molecule has 33 heavy (non-hydrogen) atoms. The minimum atomic E-state index is 0.747. The van der Waals surface area contributed by atoms with E-state index in [1.54, 1.807) is 11.8 Å². The average molecular weight is 467 g/mol. The Labute approximate surface area is 201 Å². The molecule has 0 saturated carbocycles. The topological polar surface area (TPSA) is 70.1 Å². The van der Waals surface area contributed by atoms with Crippen LogP contribution in [0.4, 0.5) is 0 Å². The maximum Gasteiger partial charge on any atom is 0.132 e. The first kappa shape index (κ1) is 24.8. The third-order valence-electron chi connectivity index (χ3n) is 5.00. The predicted octanol–water partition coefficient (Wildman–Crippen LogP) is 5.36. The molecule has 0 unspecified atom stereocenters. The van der Waals surface area contributed by atoms with Gasteiger partial charge in [0.25, 0.3) is 0 Å². The molecule has 2 aromatic rings. The van der Waals surface area contributed by atoms with Gasteiger partial charge in [-0.3, -0.25) is 4.68 Å². The maximum atomic E-state index is 5.54. The summed E-state index contributed by atoms with van der Waals surface area (Å²) in [6.45, 7) is 14.5. The summed E-state index contributed by atoms with van der Waals surface area (Å²) in [5.74, 6) is 2.83. The highest BCUT2D eigenvalue weighted by atomic mass is 32.2. The number of thioether (sulfide) groups is 1. The Hall–Kier alpha value is -2.87. The van der Waals surface area contributed by atoms with Gasteiger partial charge < -0.3 is 9.30 Å². The average Bonchev–Trinajstić information content (AvgIpc) is 3.49. The van der Waals surface area contributed by atoms with E-state index >= 15 is 0 Å². The van der Waals surface area contributed by atoms with Crippen molar-refractivity contribution in [3.8, 4) is 0 Å². The zero-order chi connectivity index (χ0) is 23.6. The zero-order valence-corrected chi connectivity index (χ0v) is 20.9. The SMILES string of the molecule is C=C(C=C(C)C)N=C(C)SCCCc1cn(CCn2c(C)cnc2C=CC2=CCCO2)nn1. The van der Waals surface area contributed by atoms with Gasteiger partial charge in [0.2, 0.25) is 0 Å². The maximum absolute atomic E-state index is 5.54. The van der Waals surface area contributed by atoms with Crippen LogP contribution in [0.25, 0.3) is 6.08 Å². The molecule has 0 aromatic carbocycles. The van der Waals surface area contributed by atoms with Crippen molar-refractivity contribution < 1.29 is 4.74 Å². The van der Waals surface area contributed by atoms with Crippen LogP contribution in [0.15, 0.2) is 59.2 Å². The van der Waals surface area contributed by atoms with Gasteiger partial charge in [0.05, 0.1) is 29.6 Å². The van der Waals surface area contributed by atoms with Gasteiger partial charge in [-0.15, -0.1) is 16.9 Å². The first-order valence-corrected chi connectivity index (χ1v) is 12.3. The molecule has 1 aliphatic rings. The Balaban J connectivity index is 1.44. The van der Waals surface area contributed by atoms with E-state index in [0.29, 0.717) is 0 Å². The van der Waals surface area contributed by atoms with Crippen molar-refractivity contribution in [3.05, 3.63) is 71.4 Å². The quantitative estimate of drug-likeness (QED) is 0.193. The molecule has 0 atom stereocenters. The van der Waals surface area contributed by atoms with Gasteiger partial charge in [0, 0.05) is 31.1 Å². The third-order valence-corrected chi connectivity index (χ3v) is 6.00. The Bertz CT molecular complexity index is 1070. The second kappa shape index (κ2) is 12.4. The molecule has 1 aliphatic heterocycles. The van der Waals surface area contributed by atoms with Crippen molar-refractivity contribution in [1.82, 2.24) is 24.5 Å². The molecule has 0 amide bonds. The number of allylic oxidation sites excluding steroid dienone is 3. The van der Waals surface area contributed by atoms with Crippen LogP contribution in [0.1, 0.15) is 50.8 Å². The summed E-state index contributed by atoms with van der Waals surface area (Å²) in [6, 6.07) is 0. The summed E-state index contributed by atoms with van der Waals surface area (Å²) in [5.41, 5.74) is 4.15. The molecule has 0 bridgehead atoms. The van der Waals surface area contributed by atoms with Gasteiger partial charge >= 0.3 is 0 Å². The highest BCUT2D eigenvalue weighted by molar-refractivity contribution is 8.13. The Morgan fingerprint density at radius 3 is 2.88 bits per heavy atom. The van der Waals surface area contributed by atoms with Crippen LogP contribution in [-0.4, -0.2) is 41.9 Å². The standard InChI is InChI=1S/C25H34N6OS/c1-19(2)16-20(3)27-22(5)33-15-7-8-23-18-30(29-28-23)12-13-31-21(4)17-26-25(31)11-10-24-9-6-14-32-24/h9-11,16-18H,3,6-8,12-15H2,1-2,4-5H3. The zero-order valence-electron chi connectivity index (χ0n) is 20.1. The summed E-state index contributed by atoms with van der Waals surface area (Å²) in [5, 5.41) is 9.68. The predicted molar refractivity (Wildman–Crippen MR) is 137 cm³/mol. The smallest absolute Gasteiger partial charge is 0.132 e. The van der Waals surface area contributed by atoms with Crippen LogP contribution in [0.3, 0.4) is 0 Å². The lowest BCUT2D eigenvalue weighted by molar-refractivity contribution is 0.257. The fraction of sp³-hybridized carbons (Fsp3) is 0.440. The minimum Gasteiger partial charge on any atom is -0.494 e. The number of aliphatic imine (C=N–C) groups is 1. The van der Waals surface area contributed by atoms with E-state index in [0.717, 1.165) is 78.4 Å². The van der Waals surface area contributed by atoms with E-state index in [4.69, 9.17) is 4.74 Å². The van der Waals surface area contributed by atoms with Crippen LogP contribution in [0, 0.1) is 6.92 Å². The second-order valence-corrected chi connectivity index (χ2v) is 9.54. The van der Waals surface area contributed by atoms with Gasteiger partial charge in [-0.25, -0.2) is 9.98 Å². The summed E-state index contributed by atoms with van der Waals surface area (Å²) >= 11 is 1.76. The van der Waals surface area contributed by atoms with Crippen molar-refractivity contribution in [1.29, 1.82) is 0 Å². The monoisotopic (exact) mass is 466 g/mol. The molecule has 0 aliphatic carbocycles. The first-order chi connectivity index (χ1) is 15.9. The lowest BCUT2D eigenvalue weighted by Gasteiger charge is -2.08. The van der Waals surface area contributed by atoms with Crippen molar-refractivity contribution in [2.24, 2.45) is 4.99 Å². The van der Waals surface area contributed by atoms with Crippen molar-refractivity contribution in [2.75, 3.05) is 12.4 Å². The molecule has 0 radical (unpaired) electrons. The highest BCUT2D eigenvalue weighted by Crippen LogP contribution is 2.14. The Kier molecular flexibility index (Phi) is 9.30. The summed E-state index contributed by atoms with van der Waals surface area (Å²) in [6.07, 6.45) is 14.9. The molecule has 3 rings (SSSR count). The fourth-order valence-corrected chi connectivity index (χ4v) is 4.22. The summed E-state index contributed by atoms with van der Waals surface area (Å²) in [7, 11) is 0. The van der Waals surface area contributed by atoms with E-state index in [1.165, 1.54) is 5.57 Å². The molecule has 0 saturated heterocycles. The van der Waals surface area contributed by atoms with E-state index in [2.05, 4.69) is 44.4 Å². The molecule has 2 aromatic heterocycles. The Morgan fingerprint density at radius 1 is 1.27 bits per heavy atom. The van der Waals surface area contributed by atoms with Gasteiger partial charge in [-0.05, 0) is 70.6 Å². The molecule has 0 fully saturated rings. The number of aryl methyl sites for hydroxylation is 3. The van der Waals surface area contributed by atoms with E-state index in [1.807, 2.05) is 56.1 Å². The lowest BCUT2D eigenvalue weighted by Crippen LogP contribution is -2.10. The van der Waals surface area contributed by atoms with E-state index in [-0.39, 0.29) is 0 Å². The molecule has 0 N–H and O–H groups in total. The van der Waals surface area contributed by atoms with Gasteiger partial charge in [-0.1, -0.05) is 17.4 Å². The number of aromatic nitrogens is 5. The summed E-state index contributed by atoms with van der Waals surface area (Å²) in [4.78, 5) is 9.04. The third kappa shape index (κ3) is 8.20. The lowest BCUT2D eigenvalue weighted by atomic mass is 10.3. The summed E-state index contributed by atoms with van der Waals surface area (Å²) < 4.78 is 9.64. The van der Waals surface area contributed by atoms with Crippen LogP contribution in [-0.2, 0) is 24.2 Å². The fourth-order valence-electron chi connectivity index (χ4n) is 3.45. The van der Waals surface area contributed by atoms with Crippen LogP contribution in [0.5, 0.6) is 0 Å². The number of hydrogen-bond donors (Lipinski definition) is 0. The molecule has 3 heterocycles. The van der Waals surface area contributed by atoms with Gasteiger partial charge in [-0.2, -0.15) is 0 Å².